The maximum absolute atomic E-state index is 13.4. The first-order chi connectivity index (χ1) is 16.2. The van der Waals surface area contributed by atoms with E-state index in [0.29, 0.717) is 31.1 Å². The van der Waals surface area contributed by atoms with E-state index in [-0.39, 0.29) is 17.4 Å². The lowest BCUT2D eigenvalue weighted by Crippen LogP contribution is -2.59. The van der Waals surface area contributed by atoms with E-state index < -0.39 is 5.41 Å². The summed E-state index contributed by atoms with van der Waals surface area (Å²) in [7, 11) is 1.85. The maximum atomic E-state index is 13.4. The highest BCUT2D eigenvalue weighted by atomic mass is 16.5. The fraction of sp³-hybridized carbons (Fsp3) is 0.731. The van der Waals surface area contributed by atoms with E-state index in [1.165, 1.54) is 19.3 Å². The summed E-state index contributed by atoms with van der Waals surface area (Å²) < 4.78 is 7.56. The Morgan fingerprint density at radius 1 is 1.18 bits per heavy atom. The number of hydrogen-bond donors (Lipinski definition) is 3. The average molecular weight is 472 g/mol. The van der Waals surface area contributed by atoms with Gasteiger partial charge in [-0.25, -0.2) is 4.68 Å². The van der Waals surface area contributed by atoms with Crippen LogP contribution in [-0.2, 0) is 4.79 Å². The van der Waals surface area contributed by atoms with Crippen LogP contribution in [-0.4, -0.2) is 53.9 Å². The van der Waals surface area contributed by atoms with Crippen LogP contribution in [0, 0.1) is 23.2 Å². The molecule has 4 aliphatic rings. The number of carbonyl (C=O) groups excluding carboxylic acids is 2. The number of amides is 2. The molecule has 0 unspecified atom stereocenters. The zero-order chi connectivity index (χ0) is 24.3. The molecule has 0 atom stereocenters. The third-order valence-electron chi connectivity index (χ3n) is 7.73. The summed E-state index contributed by atoms with van der Waals surface area (Å²) in [4.78, 5) is 26.0. The SMILES string of the molecule is CCCOc1c(C(=O)NC23CC4CC(CC(C4)C2)C3)cnn1/C=C/C(C)(C)C(=O)NCCNC. The minimum atomic E-state index is -0.733. The third-order valence-corrected chi connectivity index (χ3v) is 7.73. The first-order valence-corrected chi connectivity index (χ1v) is 12.9. The minimum Gasteiger partial charge on any atom is -0.477 e. The predicted molar refractivity (Wildman–Crippen MR) is 132 cm³/mol. The first-order valence-electron chi connectivity index (χ1n) is 12.9. The van der Waals surface area contributed by atoms with Gasteiger partial charge in [-0.15, -0.1) is 0 Å². The lowest BCUT2D eigenvalue weighted by atomic mass is 9.53. The van der Waals surface area contributed by atoms with E-state index in [1.54, 1.807) is 23.2 Å². The smallest absolute Gasteiger partial charge is 0.258 e. The van der Waals surface area contributed by atoms with Gasteiger partial charge in [0, 0.05) is 24.8 Å². The zero-order valence-electron chi connectivity index (χ0n) is 21.2. The monoisotopic (exact) mass is 471 g/mol. The molecular weight excluding hydrogens is 430 g/mol. The van der Waals surface area contributed by atoms with Gasteiger partial charge in [-0.05, 0) is 83.6 Å². The summed E-state index contributed by atoms with van der Waals surface area (Å²) in [6, 6.07) is 0. The molecule has 4 bridgehead atoms. The molecule has 188 valence electrons. The van der Waals surface area contributed by atoms with Crippen molar-refractivity contribution < 1.29 is 14.3 Å². The molecule has 0 aromatic carbocycles. The highest BCUT2D eigenvalue weighted by Crippen LogP contribution is 2.55. The van der Waals surface area contributed by atoms with E-state index in [4.69, 9.17) is 4.74 Å². The second kappa shape index (κ2) is 10.1. The van der Waals surface area contributed by atoms with Crippen LogP contribution in [0.2, 0.25) is 0 Å². The van der Waals surface area contributed by atoms with Crippen LogP contribution in [0.15, 0.2) is 12.3 Å². The van der Waals surface area contributed by atoms with Crippen LogP contribution in [0.5, 0.6) is 5.88 Å². The van der Waals surface area contributed by atoms with Crippen molar-refractivity contribution in [3.05, 3.63) is 17.8 Å². The number of aromatic nitrogens is 2. The largest absolute Gasteiger partial charge is 0.477 e. The quantitative estimate of drug-likeness (QED) is 0.431. The maximum Gasteiger partial charge on any atom is 0.258 e. The Kier molecular flexibility index (Phi) is 7.36. The van der Waals surface area contributed by atoms with Crippen molar-refractivity contribution >= 4 is 18.0 Å². The molecule has 4 aliphatic carbocycles. The molecule has 1 aromatic rings. The summed E-state index contributed by atoms with van der Waals surface area (Å²) in [5.74, 6) is 2.55. The molecule has 0 radical (unpaired) electrons. The Labute approximate surface area is 203 Å². The molecule has 4 saturated carbocycles. The van der Waals surface area contributed by atoms with Gasteiger partial charge in [-0.3, -0.25) is 9.59 Å². The standard InChI is InChI=1S/C26H41N5O3/c1-5-10-34-23-21(17-29-31(23)9-6-25(2,3)24(33)28-8-7-27-4)22(32)30-26-14-18-11-19(15-26)13-20(12-18)16-26/h6,9,17-20,27H,5,7-8,10-16H2,1-4H3,(H,28,33)(H,30,32)/b9-6+. The summed E-state index contributed by atoms with van der Waals surface area (Å²) in [6.45, 7) is 7.51. The Balaban J connectivity index is 1.49. The molecule has 1 heterocycles. The number of likely N-dealkylation sites (N-methyl/N-ethyl adjacent to an activating group) is 1. The fourth-order valence-corrected chi connectivity index (χ4v) is 6.39. The Morgan fingerprint density at radius 2 is 1.82 bits per heavy atom. The normalized spacial score (nSPS) is 27.8. The van der Waals surface area contributed by atoms with E-state index in [9.17, 15) is 9.59 Å². The van der Waals surface area contributed by atoms with E-state index in [1.807, 2.05) is 27.8 Å². The lowest BCUT2D eigenvalue weighted by Gasteiger charge is -2.56. The van der Waals surface area contributed by atoms with E-state index in [0.717, 1.165) is 43.4 Å². The Bertz CT molecular complexity index is 884. The highest BCUT2D eigenvalue weighted by molar-refractivity contribution is 5.97. The average Bonchev–Trinajstić information content (AvgIpc) is 3.18. The van der Waals surface area contributed by atoms with Crippen molar-refractivity contribution in [2.24, 2.45) is 23.2 Å². The molecule has 8 nitrogen and oxygen atoms in total. The van der Waals surface area contributed by atoms with Crippen molar-refractivity contribution in [2.45, 2.75) is 71.3 Å². The Morgan fingerprint density at radius 3 is 2.41 bits per heavy atom. The number of nitrogens with zero attached hydrogens (tertiary/aromatic N) is 2. The topological polar surface area (TPSA) is 97.3 Å². The van der Waals surface area contributed by atoms with Crippen LogP contribution in [0.4, 0.5) is 0 Å². The lowest BCUT2D eigenvalue weighted by molar-refractivity contribution is -0.127. The highest BCUT2D eigenvalue weighted by Gasteiger charge is 2.51. The summed E-state index contributed by atoms with van der Waals surface area (Å²) in [6.07, 6.45) is 13.2. The number of nitrogens with one attached hydrogen (secondary N) is 3. The van der Waals surface area contributed by atoms with Crippen molar-refractivity contribution in [1.82, 2.24) is 25.7 Å². The van der Waals surface area contributed by atoms with Gasteiger partial charge < -0.3 is 20.7 Å². The minimum absolute atomic E-state index is 0.0676. The van der Waals surface area contributed by atoms with Gasteiger partial charge in [0.1, 0.15) is 5.56 Å². The van der Waals surface area contributed by atoms with Crippen molar-refractivity contribution in [2.75, 3.05) is 26.7 Å². The molecule has 0 aliphatic heterocycles. The Hall–Kier alpha value is -2.35. The number of ether oxygens (including phenoxy) is 1. The van der Waals surface area contributed by atoms with Crippen molar-refractivity contribution in [3.63, 3.8) is 0 Å². The molecule has 0 saturated heterocycles. The second-order valence-corrected chi connectivity index (χ2v) is 11.2. The van der Waals surface area contributed by atoms with Gasteiger partial charge in [-0.2, -0.15) is 5.10 Å². The molecule has 5 rings (SSSR count). The summed E-state index contributed by atoms with van der Waals surface area (Å²) in [5.41, 5.74) is -0.340. The summed E-state index contributed by atoms with van der Waals surface area (Å²) in [5, 5.41) is 13.8. The van der Waals surface area contributed by atoms with Gasteiger partial charge in [0.05, 0.1) is 18.2 Å². The van der Waals surface area contributed by atoms with Crippen LogP contribution in [0.3, 0.4) is 0 Å². The molecule has 3 N–H and O–H groups in total. The van der Waals surface area contributed by atoms with Crippen LogP contribution >= 0.6 is 0 Å². The molecule has 0 spiro atoms. The fourth-order valence-electron chi connectivity index (χ4n) is 6.39. The molecule has 8 heteroatoms. The summed E-state index contributed by atoms with van der Waals surface area (Å²) >= 11 is 0. The van der Waals surface area contributed by atoms with Gasteiger partial charge in [0.25, 0.3) is 5.91 Å². The zero-order valence-corrected chi connectivity index (χ0v) is 21.2. The number of rotatable bonds is 11. The van der Waals surface area contributed by atoms with Crippen LogP contribution in [0.1, 0.15) is 76.1 Å². The number of carbonyl (C=O) groups is 2. The van der Waals surface area contributed by atoms with Gasteiger partial charge >= 0.3 is 0 Å². The molecule has 2 amide bonds. The number of hydrogen-bond acceptors (Lipinski definition) is 5. The van der Waals surface area contributed by atoms with Gasteiger partial charge in [0.2, 0.25) is 11.8 Å². The second-order valence-electron chi connectivity index (χ2n) is 11.2. The molecule has 34 heavy (non-hydrogen) atoms. The first kappa shape index (κ1) is 24.8. The third kappa shape index (κ3) is 5.32. The molecule has 4 fully saturated rings. The predicted octanol–water partition coefficient (Wildman–Crippen LogP) is 3.20. The van der Waals surface area contributed by atoms with E-state index in [2.05, 4.69) is 21.0 Å². The molecule has 1 aromatic heterocycles. The van der Waals surface area contributed by atoms with Crippen molar-refractivity contribution in [3.8, 4) is 5.88 Å². The van der Waals surface area contributed by atoms with Crippen LogP contribution in [0.25, 0.3) is 6.20 Å². The van der Waals surface area contributed by atoms with E-state index >= 15 is 0 Å². The van der Waals surface area contributed by atoms with Gasteiger partial charge in [0.15, 0.2) is 0 Å². The van der Waals surface area contributed by atoms with Gasteiger partial charge in [-0.1, -0.05) is 13.0 Å². The molecular formula is C26H41N5O3. The van der Waals surface area contributed by atoms with Crippen LogP contribution < -0.4 is 20.7 Å². The van der Waals surface area contributed by atoms with Crippen molar-refractivity contribution in [1.29, 1.82) is 0 Å².